The van der Waals surface area contributed by atoms with Crippen LogP contribution in [0.5, 0.6) is 0 Å². The zero-order valence-electron chi connectivity index (χ0n) is 6.97. The quantitative estimate of drug-likeness (QED) is 0.599. The van der Waals surface area contributed by atoms with Crippen molar-refractivity contribution in [3.63, 3.8) is 0 Å². The molecule has 7 heteroatoms. The highest BCUT2D eigenvalue weighted by Gasteiger charge is 2.25. The number of carbonyl (C=O) groups excluding carboxylic acids is 1. The minimum absolute atomic E-state index is 0.324. The number of hydrogen-bond acceptors (Lipinski definition) is 3. The largest absolute Gasteiger partial charge is 0.276 e. The van der Waals surface area contributed by atoms with Gasteiger partial charge in [-0.15, -0.1) is 0 Å². The first-order chi connectivity index (χ1) is 6.99. The van der Waals surface area contributed by atoms with Gasteiger partial charge < -0.3 is 0 Å². The standard InChI is InChI=1S/C8H2Cl2F2N2O/c9-6-5(8(11)12)4(7(10)15)3(1-13)2-14-6/h2,8H. The Morgan fingerprint density at radius 1 is 1.60 bits per heavy atom. The van der Waals surface area contributed by atoms with E-state index in [9.17, 15) is 13.6 Å². The topological polar surface area (TPSA) is 53.8 Å². The van der Waals surface area contributed by atoms with Crippen LogP contribution in [0, 0.1) is 11.3 Å². The van der Waals surface area contributed by atoms with Crippen LogP contribution in [0.1, 0.15) is 27.9 Å². The fourth-order valence-corrected chi connectivity index (χ4v) is 1.43. The highest BCUT2D eigenvalue weighted by Crippen LogP contribution is 2.31. The first kappa shape index (κ1) is 11.8. The van der Waals surface area contributed by atoms with Crippen LogP contribution in [-0.4, -0.2) is 10.2 Å². The summed E-state index contributed by atoms with van der Waals surface area (Å²) in [6, 6.07) is 1.54. The molecule has 1 aromatic rings. The summed E-state index contributed by atoms with van der Waals surface area (Å²) in [6.45, 7) is 0. The SMILES string of the molecule is N#Cc1cnc(Cl)c(C(F)F)c1C(=O)Cl. The number of rotatable bonds is 2. The Morgan fingerprint density at radius 3 is 2.60 bits per heavy atom. The van der Waals surface area contributed by atoms with E-state index >= 15 is 0 Å². The number of alkyl halides is 2. The number of aromatic nitrogens is 1. The Balaban J connectivity index is 3.60. The summed E-state index contributed by atoms with van der Waals surface area (Å²) in [5.74, 6) is 0. The molecule has 15 heavy (non-hydrogen) atoms. The van der Waals surface area contributed by atoms with Crippen LogP contribution in [0.15, 0.2) is 6.20 Å². The van der Waals surface area contributed by atoms with Gasteiger partial charge in [0.1, 0.15) is 11.2 Å². The second-order valence-electron chi connectivity index (χ2n) is 2.44. The molecule has 0 saturated heterocycles. The van der Waals surface area contributed by atoms with Gasteiger partial charge in [-0.3, -0.25) is 4.79 Å². The number of nitrogens with zero attached hydrogens (tertiary/aromatic N) is 2. The van der Waals surface area contributed by atoms with Crippen LogP contribution in [0.4, 0.5) is 8.78 Å². The molecule has 0 saturated carbocycles. The van der Waals surface area contributed by atoms with E-state index in [0.717, 1.165) is 6.20 Å². The molecule has 0 atom stereocenters. The molecule has 1 heterocycles. The van der Waals surface area contributed by atoms with Crippen LogP contribution < -0.4 is 0 Å². The second-order valence-corrected chi connectivity index (χ2v) is 3.14. The third kappa shape index (κ3) is 2.22. The van der Waals surface area contributed by atoms with E-state index < -0.39 is 27.9 Å². The molecular formula is C8H2Cl2F2N2O. The molecule has 0 amide bonds. The fourth-order valence-electron chi connectivity index (χ4n) is 0.999. The molecule has 0 unspecified atom stereocenters. The van der Waals surface area contributed by atoms with Gasteiger partial charge in [0, 0.05) is 6.20 Å². The van der Waals surface area contributed by atoms with Crippen molar-refractivity contribution in [3.05, 3.63) is 28.0 Å². The maximum Gasteiger partial charge on any atom is 0.267 e. The molecule has 0 aliphatic carbocycles. The van der Waals surface area contributed by atoms with Crippen molar-refractivity contribution in [1.82, 2.24) is 4.98 Å². The lowest BCUT2D eigenvalue weighted by molar-refractivity contribution is 0.106. The molecule has 0 bridgehead atoms. The molecule has 0 fully saturated rings. The van der Waals surface area contributed by atoms with Gasteiger partial charge in [0.25, 0.3) is 11.7 Å². The van der Waals surface area contributed by atoms with Gasteiger partial charge in [-0.2, -0.15) is 5.26 Å². The lowest BCUT2D eigenvalue weighted by atomic mass is 10.1. The van der Waals surface area contributed by atoms with Gasteiger partial charge in [-0.05, 0) is 11.6 Å². The third-order valence-corrected chi connectivity index (χ3v) is 2.09. The molecule has 78 valence electrons. The van der Waals surface area contributed by atoms with Crippen LogP contribution in [0.2, 0.25) is 5.15 Å². The molecule has 0 aromatic carbocycles. The summed E-state index contributed by atoms with van der Waals surface area (Å²) in [5, 5.41) is 6.88. The van der Waals surface area contributed by atoms with Crippen molar-refractivity contribution < 1.29 is 13.6 Å². The zero-order valence-corrected chi connectivity index (χ0v) is 8.48. The first-order valence-electron chi connectivity index (χ1n) is 3.55. The van der Waals surface area contributed by atoms with Crippen molar-refractivity contribution in [2.24, 2.45) is 0 Å². The van der Waals surface area contributed by atoms with E-state index in [1.807, 2.05) is 0 Å². The van der Waals surface area contributed by atoms with E-state index in [4.69, 9.17) is 28.5 Å². The third-order valence-electron chi connectivity index (χ3n) is 1.60. The maximum atomic E-state index is 12.5. The predicted molar refractivity (Wildman–Crippen MR) is 49.1 cm³/mol. The van der Waals surface area contributed by atoms with Gasteiger partial charge in [0.15, 0.2) is 0 Å². The highest BCUT2D eigenvalue weighted by atomic mass is 35.5. The van der Waals surface area contributed by atoms with Crippen molar-refractivity contribution >= 4 is 28.4 Å². The van der Waals surface area contributed by atoms with Crippen molar-refractivity contribution in [1.29, 1.82) is 5.26 Å². The van der Waals surface area contributed by atoms with Gasteiger partial charge in [-0.1, -0.05) is 11.6 Å². The van der Waals surface area contributed by atoms with Gasteiger partial charge in [0.05, 0.1) is 16.7 Å². The van der Waals surface area contributed by atoms with Gasteiger partial charge in [0.2, 0.25) is 0 Å². The average molecular weight is 251 g/mol. The summed E-state index contributed by atoms with van der Waals surface area (Å²) >= 11 is 10.5. The summed E-state index contributed by atoms with van der Waals surface area (Å²) in [5.41, 5.74) is -1.72. The van der Waals surface area contributed by atoms with E-state index in [1.165, 1.54) is 6.07 Å². The molecule has 1 rings (SSSR count). The average Bonchev–Trinajstić information content (AvgIpc) is 2.16. The van der Waals surface area contributed by atoms with Crippen LogP contribution in [0.3, 0.4) is 0 Å². The summed E-state index contributed by atoms with van der Waals surface area (Å²) < 4.78 is 25.0. The Morgan fingerprint density at radius 2 is 2.20 bits per heavy atom. The smallest absolute Gasteiger partial charge is 0.267 e. The van der Waals surface area contributed by atoms with E-state index in [0.29, 0.717) is 0 Å². The van der Waals surface area contributed by atoms with E-state index in [-0.39, 0.29) is 5.56 Å². The monoisotopic (exact) mass is 250 g/mol. The summed E-state index contributed by atoms with van der Waals surface area (Å²) in [7, 11) is 0. The van der Waals surface area contributed by atoms with Crippen molar-refractivity contribution in [2.75, 3.05) is 0 Å². The highest BCUT2D eigenvalue weighted by molar-refractivity contribution is 6.68. The molecule has 3 nitrogen and oxygen atoms in total. The van der Waals surface area contributed by atoms with Gasteiger partial charge >= 0.3 is 0 Å². The molecule has 0 aliphatic heterocycles. The minimum atomic E-state index is -3.02. The Hall–Kier alpha value is -1.25. The molecule has 0 radical (unpaired) electrons. The molecule has 1 aromatic heterocycles. The minimum Gasteiger partial charge on any atom is -0.276 e. The zero-order chi connectivity index (χ0) is 11.6. The Bertz CT molecular complexity index is 457. The normalized spacial score (nSPS) is 10.1. The predicted octanol–water partition coefficient (Wildman–Crippen LogP) is 2.92. The van der Waals surface area contributed by atoms with Crippen LogP contribution >= 0.6 is 23.2 Å². The van der Waals surface area contributed by atoms with Crippen LogP contribution in [0.25, 0.3) is 0 Å². The second kappa shape index (κ2) is 4.51. The first-order valence-corrected chi connectivity index (χ1v) is 4.31. The molecular weight excluding hydrogens is 249 g/mol. The van der Waals surface area contributed by atoms with Crippen molar-refractivity contribution in [3.8, 4) is 6.07 Å². The number of halogens is 4. The molecule has 0 aliphatic rings. The fraction of sp³-hybridized carbons (Fsp3) is 0.125. The van der Waals surface area contributed by atoms with Gasteiger partial charge in [-0.25, -0.2) is 13.8 Å². The van der Waals surface area contributed by atoms with E-state index in [2.05, 4.69) is 4.98 Å². The van der Waals surface area contributed by atoms with Crippen LogP contribution in [-0.2, 0) is 0 Å². The lowest BCUT2D eigenvalue weighted by Gasteiger charge is -2.07. The van der Waals surface area contributed by atoms with E-state index in [1.54, 1.807) is 0 Å². The molecule has 0 spiro atoms. The number of nitriles is 1. The maximum absolute atomic E-state index is 12.5. The summed E-state index contributed by atoms with van der Waals surface area (Å²) in [4.78, 5) is 14.3. The Kier molecular flexibility index (Phi) is 3.56. The Labute approximate surface area is 93.2 Å². The summed E-state index contributed by atoms with van der Waals surface area (Å²) in [6.07, 6.45) is -2.10. The number of pyridine rings is 1. The van der Waals surface area contributed by atoms with Crippen molar-refractivity contribution in [2.45, 2.75) is 6.43 Å². The number of carbonyl (C=O) groups is 1. The lowest BCUT2D eigenvalue weighted by Crippen LogP contribution is -2.04. The molecule has 0 N–H and O–H groups in total. The number of hydrogen-bond donors (Lipinski definition) is 0.